The van der Waals surface area contributed by atoms with Crippen LogP contribution < -0.4 is 5.90 Å². The molecule has 3 heteroatoms. The minimum absolute atomic E-state index is 0.528. The molecule has 0 unspecified atom stereocenters. The van der Waals surface area contributed by atoms with Crippen LogP contribution in [0.1, 0.15) is 16.7 Å². The van der Waals surface area contributed by atoms with Crippen LogP contribution in [-0.4, -0.2) is 6.61 Å². The molecule has 1 aromatic rings. The lowest BCUT2D eigenvalue weighted by Gasteiger charge is -2.08. The van der Waals surface area contributed by atoms with Crippen molar-refractivity contribution in [3.63, 3.8) is 0 Å². The minimum atomic E-state index is 0.528. The van der Waals surface area contributed by atoms with Crippen molar-refractivity contribution in [2.24, 2.45) is 5.90 Å². The Balaban J connectivity index is 2.92. The highest BCUT2D eigenvalue weighted by Crippen LogP contribution is 2.21. The number of nitrogens with two attached hydrogens (primary N) is 1. The Morgan fingerprint density at radius 3 is 2.69 bits per heavy atom. The van der Waals surface area contributed by atoms with Crippen molar-refractivity contribution in [1.29, 1.82) is 0 Å². The second-order valence-electron chi connectivity index (χ2n) is 3.15. The smallest absolute Gasteiger partial charge is 0.0719 e. The molecule has 0 bridgehead atoms. The molecule has 0 aromatic heterocycles. The Kier molecular flexibility index (Phi) is 3.72. The van der Waals surface area contributed by atoms with Gasteiger partial charge in [0.1, 0.15) is 0 Å². The number of hydrogen-bond acceptors (Lipinski definition) is 2. The lowest BCUT2D eigenvalue weighted by molar-refractivity contribution is 0.141. The third-order valence-corrected chi connectivity index (χ3v) is 2.48. The molecule has 0 aliphatic heterocycles. The van der Waals surface area contributed by atoms with Gasteiger partial charge in [0, 0.05) is 5.02 Å². The molecule has 0 saturated heterocycles. The maximum atomic E-state index is 6.03. The topological polar surface area (TPSA) is 35.2 Å². The van der Waals surface area contributed by atoms with Crippen LogP contribution in [0.2, 0.25) is 5.02 Å². The van der Waals surface area contributed by atoms with Crippen molar-refractivity contribution in [3.8, 4) is 0 Å². The molecule has 0 saturated carbocycles. The predicted octanol–water partition coefficient (Wildman–Crippen LogP) is 2.39. The van der Waals surface area contributed by atoms with E-state index in [4.69, 9.17) is 17.5 Å². The van der Waals surface area contributed by atoms with Gasteiger partial charge in [0.15, 0.2) is 0 Å². The van der Waals surface area contributed by atoms with E-state index in [1.807, 2.05) is 19.9 Å². The number of benzene rings is 1. The molecule has 0 spiro atoms. The molecule has 0 aliphatic carbocycles. The summed E-state index contributed by atoms with van der Waals surface area (Å²) in [4.78, 5) is 4.54. The second kappa shape index (κ2) is 4.61. The van der Waals surface area contributed by atoms with E-state index in [0.717, 1.165) is 17.0 Å². The van der Waals surface area contributed by atoms with E-state index < -0.39 is 0 Å². The van der Waals surface area contributed by atoms with Crippen LogP contribution in [0.15, 0.2) is 12.1 Å². The van der Waals surface area contributed by atoms with Crippen molar-refractivity contribution in [3.05, 3.63) is 33.8 Å². The molecular formula is C10H14ClNO. The van der Waals surface area contributed by atoms with Gasteiger partial charge in [-0.3, -0.25) is 0 Å². The Morgan fingerprint density at radius 1 is 1.38 bits per heavy atom. The molecule has 2 nitrogen and oxygen atoms in total. The largest absolute Gasteiger partial charge is 0.304 e. The minimum Gasteiger partial charge on any atom is -0.304 e. The fraction of sp³-hybridized carbons (Fsp3) is 0.400. The van der Waals surface area contributed by atoms with Crippen LogP contribution in [-0.2, 0) is 11.3 Å². The van der Waals surface area contributed by atoms with Crippen molar-refractivity contribution < 1.29 is 4.84 Å². The van der Waals surface area contributed by atoms with E-state index in [2.05, 4.69) is 10.9 Å². The first-order chi connectivity index (χ1) is 6.15. The summed E-state index contributed by atoms with van der Waals surface area (Å²) in [7, 11) is 0. The lowest BCUT2D eigenvalue weighted by Crippen LogP contribution is -2.05. The SMILES string of the molecule is Cc1cc(Cl)c(C)c(CCON)c1. The molecule has 72 valence electrons. The van der Waals surface area contributed by atoms with Crippen LogP contribution in [0.5, 0.6) is 0 Å². The van der Waals surface area contributed by atoms with E-state index in [1.165, 1.54) is 11.1 Å². The fourth-order valence-electron chi connectivity index (χ4n) is 1.31. The van der Waals surface area contributed by atoms with E-state index in [9.17, 15) is 0 Å². The summed E-state index contributed by atoms with van der Waals surface area (Å²) >= 11 is 6.03. The van der Waals surface area contributed by atoms with Crippen LogP contribution in [0.3, 0.4) is 0 Å². The van der Waals surface area contributed by atoms with Crippen molar-refractivity contribution >= 4 is 11.6 Å². The number of halogens is 1. The van der Waals surface area contributed by atoms with Crippen molar-refractivity contribution in [1.82, 2.24) is 0 Å². The summed E-state index contributed by atoms with van der Waals surface area (Å²) in [5.74, 6) is 4.97. The van der Waals surface area contributed by atoms with Crippen LogP contribution >= 0.6 is 11.6 Å². The predicted molar refractivity (Wildman–Crippen MR) is 54.8 cm³/mol. The summed E-state index contributed by atoms with van der Waals surface area (Å²) in [5, 5.41) is 0.812. The molecule has 0 heterocycles. The van der Waals surface area contributed by atoms with Gasteiger partial charge >= 0.3 is 0 Å². The van der Waals surface area contributed by atoms with Gasteiger partial charge in [-0.2, -0.15) is 0 Å². The first kappa shape index (κ1) is 10.5. The molecule has 13 heavy (non-hydrogen) atoms. The third-order valence-electron chi connectivity index (χ3n) is 2.09. The number of aryl methyl sites for hydroxylation is 1. The van der Waals surface area contributed by atoms with Gasteiger partial charge in [0.2, 0.25) is 0 Å². The van der Waals surface area contributed by atoms with Gasteiger partial charge in [-0.15, -0.1) is 0 Å². The van der Waals surface area contributed by atoms with Crippen LogP contribution in [0.4, 0.5) is 0 Å². The average molecular weight is 200 g/mol. The van der Waals surface area contributed by atoms with Gasteiger partial charge in [-0.1, -0.05) is 17.7 Å². The van der Waals surface area contributed by atoms with Gasteiger partial charge < -0.3 is 4.84 Å². The summed E-state index contributed by atoms with van der Waals surface area (Å²) in [5.41, 5.74) is 3.49. The second-order valence-corrected chi connectivity index (χ2v) is 3.56. The third kappa shape index (κ3) is 2.69. The Morgan fingerprint density at radius 2 is 2.08 bits per heavy atom. The molecule has 0 amide bonds. The lowest BCUT2D eigenvalue weighted by atomic mass is 10.0. The van der Waals surface area contributed by atoms with Gasteiger partial charge in [0.25, 0.3) is 0 Å². The molecule has 0 radical (unpaired) electrons. The highest BCUT2D eigenvalue weighted by Gasteiger charge is 2.03. The van der Waals surface area contributed by atoms with Gasteiger partial charge in [-0.05, 0) is 43.0 Å². The van der Waals surface area contributed by atoms with Crippen LogP contribution in [0.25, 0.3) is 0 Å². The van der Waals surface area contributed by atoms with E-state index in [0.29, 0.717) is 6.61 Å². The maximum Gasteiger partial charge on any atom is 0.0719 e. The Labute approximate surface area is 83.6 Å². The van der Waals surface area contributed by atoms with E-state index in [-0.39, 0.29) is 0 Å². The molecule has 1 aromatic carbocycles. The zero-order valence-corrected chi connectivity index (χ0v) is 8.69. The molecule has 0 aliphatic rings. The highest BCUT2D eigenvalue weighted by molar-refractivity contribution is 6.31. The summed E-state index contributed by atoms with van der Waals surface area (Å²) in [6.45, 7) is 4.56. The summed E-state index contributed by atoms with van der Waals surface area (Å²) in [6, 6.07) is 4.07. The van der Waals surface area contributed by atoms with Crippen molar-refractivity contribution in [2.45, 2.75) is 20.3 Å². The van der Waals surface area contributed by atoms with Crippen molar-refractivity contribution in [2.75, 3.05) is 6.61 Å². The Hall–Kier alpha value is -0.570. The highest BCUT2D eigenvalue weighted by atomic mass is 35.5. The molecular weight excluding hydrogens is 186 g/mol. The standard InChI is InChI=1S/C10H14ClNO/c1-7-5-9(3-4-13-12)8(2)10(11)6-7/h5-6H,3-4,12H2,1-2H3. The monoisotopic (exact) mass is 199 g/mol. The van der Waals surface area contributed by atoms with Gasteiger partial charge in [0.05, 0.1) is 6.61 Å². The molecule has 0 fully saturated rings. The molecule has 0 atom stereocenters. The zero-order chi connectivity index (χ0) is 9.84. The number of hydrogen-bond donors (Lipinski definition) is 1. The van der Waals surface area contributed by atoms with Crippen LogP contribution in [0, 0.1) is 13.8 Å². The average Bonchev–Trinajstić information content (AvgIpc) is 2.09. The summed E-state index contributed by atoms with van der Waals surface area (Å²) in [6.07, 6.45) is 0.809. The summed E-state index contributed by atoms with van der Waals surface area (Å²) < 4.78 is 0. The normalized spacial score (nSPS) is 10.5. The molecule has 1 rings (SSSR count). The quantitative estimate of drug-likeness (QED) is 0.759. The first-order valence-electron chi connectivity index (χ1n) is 4.22. The maximum absolute atomic E-state index is 6.03. The molecule has 2 N–H and O–H groups in total. The van der Waals surface area contributed by atoms with E-state index in [1.54, 1.807) is 0 Å². The zero-order valence-electron chi connectivity index (χ0n) is 7.93. The fourth-order valence-corrected chi connectivity index (χ4v) is 1.61. The van der Waals surface area contributed by atoms with E-state index >= 15 is 0 Å². The first-order valence-corrected chi connectivity index (χ1v) is 4.60. The van der Waals surface area contributed by atoms with Gasteiger partial charge in [-0.25, -0.2) is 5.90 Å². The number of rotatable bonds is 3. The Bertz CT molecular complexity index is 299.